The molecule has 128 valence electrons. The van der Waals surface area contributed by atoms with Crippen molar-refractivity contribution < 1.29 is 9.47 Å². The molecule has 1 unspecified atom stereocenters. The third kappa shape index (κ3) is 4.00. The highest BCUT2D eigenvalue weighted by molar-refractivity contribution is 5.48. The van der Waals surface area contributed by atoms with Crippen molar-refractivity contribution in [3.8, 4) is 11.5 Å². The van der Waals surface area contributed by atoms with Crippen LogP contribution < -0.4 is 9.47 Å². The summed E-state index contributed by atoms with van der Waals surface area (Å²) in [5.74, 6) is 1.82. The topological polar surface area (TPSA) is 31.4 Å². The highest BCUT2D eigenvalue weighted by atomic mass is 16.5. The summed E-state index contributed by atoms with van der Waals surface area (Å²) in [6.45, 7) is 5.28. The van der Waals surface area contributed by atoms with Crippen molar-refractivity contribution in [3.63, 3.8) is 0 Å². The van der Waals surface area contributed by atoms with Gasteiger partial charge in [0.15, 0.2) is 0 Å². The highest BCUT2D eigenvalue weighted by Gasteiger charge is 2.21. The second-order valence-electron chi connectivity index (χ2n) is 5.69. The van der Waals surface area contributed by atoms with Gasteiger partial charge in [-0.25, -0.2) is 0 Å². The van der Waals surface area contributed by atoms with E-state index >= 15 is 0 Å². The SMILES string of the molecule is CCOc1ccc(C(c2ccccc2)c2cnccc2OCC)cc1. The molecule has 0 fully saturated rings. The third-order valence-corrected chi connectivity index (χ3v) is 4.08. The Bertz CT molecular complexity index is 785. The fraction of sp³-hybridized carbons (Fsp3) is 0.227. The molecular formula is C22H23NO2. The fourth-order valence-electron chi connectivity index (χ4n) is 3.02. The van der Waals surface area contributed by atoms with Crippen molar-refractivity contribution in [1.29, 1.82) is 0 Å². The number of ether oxygens (including phenoxy) is 2. The summed E-state index contributed by atoms with van der Waals surface area (Å²) in [7, 11) is 0. The first kappa shape index (κ1) is 17.0. The van der Waals surface area contributed by atoms with Crippen LogP contribution in [0.25, 0.3) is 0 Å². The van der Waals surface area contributed by atoms with E-state index in [1.807, 2.05) is 44.3 Å². The number of rotatable bonds is 7. The van der Waals surface area contributed by atoms with Crippen molar-refractivity contribution in [3.05, 3.63) is 89.7 Å². The van der Waals surface area contributed by atoms with Gasteiger partial charge >= 0.3 is 0 Å². The zero-order chi connectivity index (χ0) is 17.5. The van der Waals surface area contributed by atoms with Crippen LogP contribution in [0.4, 0.5) is 0 Å². The summed E-state index contributed by atoms with van der Waals surface area (Å²) in [5.41, 5.74) is 3.46. The van der Waals surface area contributed by atoms with Gasteiger partial charge in [-0.1, -0.05) is 42.5 Å². The number of aromatic nitrogens is 1. The van der Waals surface area contributed by atoms with E-state index in [0.29, 0.717) is 13.2 Å². The minimum atomic E-state index is 0.0622. The maximum Gasteiger partial charge on any atom is 0.126 e. The van der Waals surface area contributed by atoms with Crippen molar-refractivity contribution >= 4 is 0 Å². The van der Waals surface area contributed by atoms with Crippen LogP contribution in [0.1, 0.15) is 36.5 Å². The molecule has 0 bridgehead atoms. The summed E-state index contributed by atoms with van der Waals surface area (Å²) in [6, 6.07) is 20.7. The van der Waals surface area contributed by atoms with Gasteiger partial charge in [0.05, 0.1) is 13.2 Å². The number of nitrogens with zero attached hydrogens (tertiary/aromatic N) is 1. The molecule has 3 aromatic rings. The molecule has 1 atom stereocenters. The van der Waals surface area contributed by atoms with Gasteiger partial charge in [-0.05, 0) is 43.2 Å². The van der Waals surface area contributed by atoms with Crippen molar-refractivity contribution in [1.82, 2.24) is 4.98 Å². The lowest BCUT2D eigenvalue weighted by atomic mass is 9.85. The van der Waals surface area contributed by atoms with E-state index in [0.717, 1.165) is 17.1 Å². The van der Waals surface area contributed by atoms with E-state index in [-0.39, 0.29) is 5.92 Å². The molecule has 2 aromatic carbocycles. The molecule has 0 N–H and O–H groups in total. The van der Waals surface area contributed by atoms with E-state index in [1.165, 1.54) is 11.1 Å². The predicted molar refractivity (Wildman–Crippen MR) is 100 cm³/mol. The molecule has 1 heterocycles. The minimum Gasteiger partial charge on any atom is -0.494 e. The molecule has 1 aromatic heterocycles. The molecule has 0 amide bonds. The molecule has 0 saturated heterocycles. The predicted octanol–water partition coefficient (Wildman–Crippen LogP) is 5.06. The second-order valence-corrected chi connectivity index (χ2v) is 5.69. The molecular weight excluding hydrogens is 310 g/mol. The standard InChI is InChI=1S/C22H23NO2/c1-3-24-19-12-10-18(11-13-19)22(17-8-6-5-7-9-17)20-16-23-15-14-21(20)25-4-2/h5-16,22H,3-4H2,1-2H3. The Morgan fingerprint density at radius 1 is 0.800 bits per heavy atom. The van der Waals surface area contributed by atoms with Crippen molar-refractivity contribution in [2.75, 3.05) is 13.2 Å². The zero-order valence-electron chi connectivity index (χ0n) is 14.7. The first-order chi connectivity index (χ1) is 12.3. The molecule has 0 radical (unpaired) electrons. The highest BCUT2D eigenvalue weighted by Crippen LogP contribution is 2.37. The lowest BCUT2D eigenvalue weighted by molar-refractivity contribution is 0.335. The third-order valence-electron chi connectivity index (χ3n) is 4.08. The first-order valence-electron chi connectivity index (χ1n) is 8.67. The van der Waals surface area contributed by atoms with E-state index in [9.17, 15) is 0 Å². The molecule has 0 saturated carbocycles. The molecule has 0 aliphatic rings. The average molecular weight is 333 g/mol. The van der Waals surface area contributed by atoms with Crippen molar-refractivity contribution in [2.24, 2.45) is 0 Å². The van der Waals surface area contributed by atoms with Crippen LogP contribution >= 0.6 is 0 Å². The number of pyridine rings is 1. The summed E-state index contributed by atoms with van der Waals surface area (Å²) in [4.78, 5) is 4.34. The van der Waals surface area contributed by atoms with E-state index in [1.54, 1.807) is 6.20 Å². The summed E-state index contributed by atoms with van der Waals surface area (Å²) < 4.78 is 11.4. The monoisotopic (exact) mass is 333 g/mol. The molecule has 0 aliphatic heterocycles. The second kappa shape index (κ2) is 8.34. The minimum absolute atomic E-state index is 0.0622. The van der Waals surface area contributed by atoms with E-state index in [2.05, 4.69) is 41.4 Å². The van der Waals surface area contributed by atoms with E-state index < -0.39 is 0 Å². The largest absolute Gasteiger partial charge is 0.494 e. The summed E-state index contributed by atoms with van der Waals surface area (Å²) in [5, 5.41) is 0. The van der Waals surface area contributed by atoms with Crippen LogP contribution in [0.2, 0.25) is 0 Å². The first-order valence-corrected chi connectivity index (χ1v) is 8.67. The van der Waals surface area contributed by atoms with E-state index in [4.69, 9.17) is 9.47 Å². The summed E-state index contributed by atoms with van der Waals surface area (Å²) in [6.07, 6.45) is 3.67. The van der Waals surface area contributed by atoms with Gasteiger partial charge in [0.25, 0.3) is 0 Å². The lowest BCUT2D eigenvalue weighted by Gasteiger charge is -2.21. The van der Waals surface area contributed by atoms with Gasteiger partial charge in [0.2, 0.25) is 0 Å². The van der Waals surface area contributed by atoms with Gasteiger partial charge in [-0.3, -0.25) is 4.98 Å². The number of hydrogen-bond acceptors (Lipinski definition) is 3. The van der Waals surface area contributed by atoms with Crippen LogP contribution in [-0.2, 0) is 0 Å². The Labute approximate surface area is 149 Å². The lowest BCUT2D eigenvalue weighted by Crippen LogP contribution is -2.07. The summed E-state index contributed by atoms with van der Waals surface area (Å²) >= 11 is 0. The molecule has 3 rings (SSSR count). The number of benzene rings is 2. The fourth-order valence-corrected chi connectivity index (χ4v) is 3.02. The van der Waals surface area contributed by atoms with Gasteiger partial charge < -0.3 is 9.47 Å². The normalized spacial score (nSPS) is 11.8. The Kier molecular flexibility index (Phi) is 5.68. The molecule has 0 aliphatic carbocycles. The molecule has 25 heavy (non-hydrogen) atoms. The quantitative estimate of drug-likeness (QED) is 0.605. The van der Waals surface area contributed by atoms with Gasteiger partial charge in [0, 0.05) is 23.9 Å². The van der Waals surface area contributed by atoms with Gasteiger partial charge in [0.1, 0.15) is 11.5 Å². The van der Waals surface area contributed by atoms with Crippen LogP contribution in [0.15, 0.2) is 73.1 Å². The molecule has 3 heteroatoms. The number of hydrogen-bond donors (Lipinski definition) is 0. The maximum atomic E-state index is 5.86. The Hall–Kier alpha value is -2.81. The van der Waals surface area contributed by atoms with Crippen molar-refractivity contribution in [2.45, 2.75) is 19.8 Å². The van der Waals surface area contributed by atoms with Crippen LogP contribution in [-0.4, -0.2) is 18.2 Å². The van der Waals surface area contributed by atoms with Gasteiger partial charge in [-0.2, -0.15) is 0 Å². The van der Waals surface area contributed by atoms with Crippen LogP contribution in [0.3, 0.4) is 0 Å². The molecule has 3 nitrogen and oxygen atoms in total. The Morgan fingerprint density at radius 3 is 2.16 bits per heavy atom. The maximum absolute atomic E-state index is 5.86. The molecule has 0 spiro atoms. The zero-order valence-corrected chi connectivity index (χ0v) is 14.7. The van der Waals surface area contributed by atoms with Crippen LogP contribution in [0.5, 0.6) is 11.5 Å². The van der Waals surface area contributed by atoms with Gasteiger partial charge in [-0.15, -0.1) is 0 Å². The average Bonchev–Trinajstić information content (AvgIpc) is 2.66. The smallest absolute Gasteiger partial charge is 0.126 e. The van der Waals surface area contributed by atoms with Crippen LogP contribution in [0, 0.1) is 0 Å². The Balaban J connectivity index is 2.08. The Morgan fingerprint density at radius 2 is 1.48 bits per heavy atom.